The summed E-state index contributed by atoms with van der Waals surface area (Å²) in [4.78, 5) is 52.6. The van der Waals surface area contributed by atoms with Gasteiger partial charge in [-0.05, 0) is 64.2 Å². The average Bonchev–Trinajstić information content (AvgIpc) is 2.95. The third-order valence-corrected chi connectivity index (χ3v) is 9.81. The van der Waals surface area contributed by atoms with Gasteiger partial charge in [0.2, 0.25) is 0 Å². The number of hydrogen-bond acceptors (Lipinski definition) is 9. The molecule has 45 heavy (non-hydrogen) atoms. The fourth-order valence-corrected chi connectivity index (χ4v) is 6.87. The Labute approximate surface area is 264 Å². The highest BCUT2D eigenvalue weighted by Crippen LogP contribution is 2.41. The molecule has 3 N–H and O–H groups in total. The zero-order chi connectivity index (χ0) is 32.6. The molecule has 4 heterocycles. The van der Waals surface area contributed by atoms with Gasteiger partial charge in [0.1, 0.15) is 17.1 Å². The Morgan fingerprint density at radius 2 is 1.73 bits per heavy atom. The van der Waals surface area contributed by atoms with E-state index in [0.29, 0.717) is 44.2 Å². The van der Waals surface area contributed by atoms with Gasteiger partial charge >= 0.3 is 12.1 Å². The van der Waals surface area contributed by atoms with Crippen LogP contribution >= 0.6 is 0 Å². The molecule has 13 nitrogen and oxygen atoms in total. The van der Waals surface area contributed by atoms with Gasteiger partial charge in [0.15, 0.2) is 9.84 Å². The quantitative estimate of drug-likeness (QED) is 0.482. The Kier molecular flexibility index (Phi) is 8.98. The van der Waals surface area contributed by atoms with Crippen LogP contribution in [0.5, 0.6) is 0 Å². The Bertz CT molecular complexity index is 1540. The predicted molar refractivity (Wildman–Crippen MR) is 168 cm³/mol. The second-order valence-corrected chi connectivity index (χ2v) is 15.6. The molecule has 2 aromatic rings. The smallest absolute Gasteiger partial charge is 0.410 e. The second kappa shape index (κ2) is 12.5. The molecule has 1 spiro atoms. The predicted octanol–water partition coefficient (Wildman–Crippen LogP) is 2.58. The molecule has 0 radical (unpaired) electrons. The normalized spacial score (nSPS) is 20.0. The summed E-state index contributed by atoms with van der Waals surface area (Å²) in [5, 5.41) is 3.20. The van der Waals surface area contributed by atoms with Crippen molar-refractivity contribution in [2.45, 2.75) is 69.4 Å². The lowest BCUT2D eigenvalue weighted by Crippen LogP contribution is -2.63. The highest BCUT2D eigenvalue weighted by atomic mass is 32.2. The first-order chi connectivity index (χ1) is 21.1. The number of likely N-dealkylation sites (tertiary alicyclic amines) is 2. The maximum absolute atomic E-state index is 13.2. The van der Waals surface area contributed by atoms with Crippen molar-refractivity contribution >= 4 is 33.7 Å². The fourth-order valence-electron chi connectivity index (χ4n) is 6.23. The molecule has 0 bridgehead atoms. The zero-order valence-corrected chi connectivity index (χ0v) is 27.2. The van der Waals surface area contributed by atoms with E-state index in [4.69, 9.17) is 15.5 Å². The number of hydrogen-bond donors (Lipinski definition) is 2. The number of rotatable bonds is 6. The summed E-state index contributed by atoms with van der Waals surface area (Å²) in [5.74, 6) is -0.107. The van der Waals surface area contributed by atoms with Crippen molar-refractivity contribution in [2.75, 3.05) is 50.4 Å². The monoisotopic (exact) mass is 641 g/mol. The van der Waals surface area contributed by atoms with Gasteiger partial charge in [0.25, 0.3) is 5.91 Å². The first-order valence-corrected chi connectivity index (χ1v) is 17.2. The van der Waals surface area contributed by atoms with E-state index >= 15 is 0 Å². The molecule has 1 unspecified atom stereocenters. The van der Waals surface area contributed by atoms with Crippen molar-refractivity contribution in [1.82, 2.24) is 25.1 Å². The van der Waals surface area contributed by atoms with Gasteiger partial charge in [-0.3, -0.25) is 4.79 Å². The molecule has 0 saturated carbocycles. The standard InChI is InChI=1S/C31H43N7O6S/c1-30(2,3)44-29(41)38-19-31(20-38)11-14-36(15-12-31)28(40)34-22-6-5-13-37(18-22)25-17-33-26(27(32)39)24(35-25)16-21-7-9-23(10-8-21)45(4,42)43/h7-10,17,22H,5-6,11-16,18-20H2,1-4H3,(H2,32,39)(H,34,40). The summed E-state index contributed by atoms with van der Waals surface area (Å²) in [6.07, 6.45) is 6.02. The largest absolute Gasteiger partial charge is 0.444 e. The van der Waals surface area contributed by atoms with Crippen LogP contribution in [-0.2, 0) is 21.0 Å². The summed E-state index contributed by atoms with van der Waals surface area (Å²) in [6, 6.07) is 6.25. The number of nitrogens with two attached hydrogens (primary N) is 1. The van der Waals surface area contributed by atoms with E-state index in [1.807, 2.05) is 30.6 Å². The fraction of sp³-hybridized carbons (Fsp3) is 0.581. The summed E-state index contributed by atoms with van der Waals surface area (Å²) >= 11 is 0. The van der Waals surface area contributed by atoms with Crippen LogP contribution in [0.25, 0.3) is 0 Å². The van der Waals surface area contributed by atoms with Gasteiger partial charge in [-0.2, -0.15) is 0 Å². The molecule has 1 atom stereocenters. The maximum atomic E-state index is 13.2. The van der Waals surface area contributed by atoms with Gasteiger partial charge in [-0.15, -0.1) is 0 Å². The lowest BCUT2D eigenvalue weighted by Gasteiger charge is -2.53. The topological polar surface area (TPSA) is 168 Å². The molecule has 1 aromatic heterocycles. The van der Waals surface area contributed by atoms with Crippen molar-refractivity contribution in [3.05, 3.63) is 47.4 Å². The second-order valence-electron chi connectivity index (χ2n) is 13.5. The van der Waals surface area contributed by atoms with Crippen molar-refractivity contribution < 1.29 is 27.5 Å². The highest BCUT2D eigenvalue weighted by Gasteiger charge is 2.48. The molecule has 4 amide bonds. The van der Waals surface area contributed by atoms with Crippen LogP contribution in [0.2, 0.25) is 0 Å². The number of anilines is 1. The third-order valence-electron chi connectivity index (χ3n) is 8.68. The Morgan fingerprint density at radius 1 is 1.07 bits per heavy atom. The van der Waals surface area contributed by atoms with Gasteiger partial charge in [0, 0.05) is 63.4 Å². The lowest BCUT2D eigenvalue weighted by atomic mass is 9.72. The van der Waals surface area contributed by atoms with Gasteiger partial charge < -0.3 is 30.5 Å². The minimum Gasteiger partial charge on any atom is -0.444 e. The Hall–Kier alpha value is -3.94. The van der Waals surface area contributed by atoms with Crippen LogP contribution < -0.4 is 16.0 Å². The number of nitrogens with one attached hydrogen (secondary N) is 1. The number of piperidine rings is 2. The van der Waals surface area contributed by atoms with Crippen LogP contribution in [0.15, 0.2) is 35.4 Å². The number of benzene rings is 1. The molecule has 1 aromatic carbocycles. The number of aromatic nitrogens is 2. The third kappa shape index (κ3) is 7.84. The van der Waals surface area contributed by atoms with E-state index in [-0.39, 0.29) is 40.6 Å². The molecule has 14 heteroatoms. The van der Waals surface area contributed by atoms with Gasteiger partial charge in [-0.25, -0.2) is 28.0 Å². The molecule has 0 aliphatic carbocycles. The summed E-state index contributed by atoms with van der Waals surface area (Å²) in [5.41, 5.74) is 6.36. The van der Waals surface area contributed by atoms with E-state index < -0.39 is 21.3 Å². The Morgan fingerprint density at radius 3 is 2.33 bits per heavy atom. The van der Waals surface area contributed by atoms with E-state index in [2.05, 4.69) is 10.3 Å². The molecule has 3 aliphatic rings. The maximum Gasteiger partial charge on any atom is 0.410 e. The number of sulfone groups is 1. The first kappa shape index (κ1) is 32.5. The van der Waals surface area contributed by atoms with Crippen LogP contribution in [0.3, 0.4) is 0 Å². The van der Waals surface area contributed by atoms with E-state index in [0.717, 1.165) is 44.0 Å². The average molecular weight is 642 g/mol. The molecular formula is C31H43N7O6S. The van der Waals surface area contributed by atoms with Crippen LogP contribution in [-0.4, -0.2) is 103 Å². The van der Waals surface area contributed by atoms with Crippen LogP contribution in [0, 0.1) is 5.41 Å². The molecular weight excluding hydrogens is 598 g/mol. The van der Waals surface area contributed by atoms with Gasteiger partial charge in [0.05, 0.1) is 16.8 Å². The number of ether oxygens (including phenoxy) is 1. The van der Waals surface area contributed by atoms with Crippen molar-refractivity contribution in [2.24, 2.45) is 11.1 Å². The molecule has 5 rings (SSSR count). The number of carbonyl (C=O) groups excluding carboxylic acids is 3. The van der Waals surface area contributed by atoms with Crippen LogP contribution in [0.4, 0.5) is 15.4 Å². The van der Waals surface area contributed by atoms with Crippen molar-refractivity contribution in [3.63, 3.8) is 0 Å². The minimum absolute atomic E-state index is 0.0541. The van der Waals surface area contributed by atoms with Gasteiger partial charge in [-0.1, -0.05) is 12.1 Å². The SMILES string of the molecule is CC(C)(C)OC(=O)N1CC2(CCN(C(=O)NC3CCCN(c4cnc(C(N)=O)c(Cc5ccc(S(C)(=O)=O)cc5)n4)C3)CC2)C1. The summed E-state index contributed by atoms with van der Waals surface area (Å²) in [6.45, 7) is 9.45. The van der Waals surface area contributed by atoms with E-state index in [9.17, 15) is 22.8 Å². The number of amides is 4. The minimum atomic E-state index is -3.33. The molecule has 3 saturated heterocycles. The number of urea groups is 1. The van der Waals surface area contributed by atoms with E-state index in [1.165, 1.54) is 18.3 Å². The lowest BCUT2D eigenvalue weighted by molar-refractivity contribution is -0.0551. The highest BCUT2D eigenvalue weighted by molar-refractivity contribution is 7.90. The van der Waals surface area contributed by atoms with Crippen molar-refractivity contribution in [1.29, 1.82) is 0 Å². The Balaban J connectivity index is 1.16. The van der Waals surface area contributed by atoms with Crippen molar-refractivity contribution in [3.8, 4) is 0 Å². The first-order valence-electron chi connectivity index (χ1n) is 15.3. The number of nitrogens with zero attached hydrogens (tertiary/aromatic N) is 5. The number of primary amides is 1. The summed E-state index contributed by atoms with van der Waals surface area (Å²) < 4.78 is 29.1. The summed E-state index contributed by atoms with van der Waals surface area (Å²) in [7, 11) is -3.33. The molecule has 244 valence electrons. The molecule has 3 fully saturated rings. The number of carbonyl (C=O) groups is 3. The zero-order valence-electron chi connectivity index (χ0n) is 26.4. The van der Waals surface area contributed by atoms with Crippen LogP contribution in [0.1, 0.15) is 68.2 Å². The molecule has 3 aliphatic heterocycles. The van der Waals surface area contributed by atoms with E-state index in [1.54, 1.807) is 17.0 Å².